The molecule has 0 aliphatic carbocycles. The third-order valence-corrected chi connectivity index (χ3v) is 4.15. The molecule has 0 saturated heterocycles. The summed E-state index contributed by atoms with van der Waals surface area (Å²) in [6, 6.07) is 3.36. The Morgan fingerprint density at radius 3 is 2.27 bits per heavy atom. The summed E-state index contributed by atoms with van der Waals surface area (Å²) in [4.78, 5) is 47.6. The van der Waals surface area contributed by atoms with Crippen molar-refractivity contribution >= 4 is 35.0 Å². The number of carbonyl (C=O) groups is 4. The van der Waals surface area contributed by atoms with Crippen molar-refractivity contribution < 1.29 is 28.7 Å². The van der Waals surface area contributed by atoms with E-state index in [0.29, 0.717) is 11.4 Å². The molecule has 0 spiro atoms. The first-order chi connectivity index (χ1) is 12.1. The molecular weight excluding hydrogens is 358 g/mol. The average Bonchev–Trinajstić information content (AvgIpc) is 3.04. The molecule has 8 heteroatoms. The highest BCUT2D eigenvalue weighted by molar-refractivity contribution is 7.14. The number of esters is 2. The number of amides is 1. The van der Waals surface area contributed by atoms with Crippen molar-refractivity contribution in [1.29, 1.82) is 0 Å². The van der Waals surface area contributed by atoms with E-state index in [0.717, 1.165) is 17.0 Å². The Labute approximate surface area is 156 Å². The van der Waals surface area contributed by atoms with Crippen LogP contribution in [0.1, 0.15) is 42.2 Å². The van der Waals surface area contributed by atoms with Crippen LogP contribution in [0.3, 0.4) is 0 Å². The van der Waals surface area contributed by atoms with E-state index >= 15 is 0 Å². The zero-order valence-corrected chi connectivity index (χ0v) is 16.1. The second kappa shape index (κ2) is 9.86. The van der Waals surface area contributed by atoms with Gasteiger partial charge in [-0.1, -0.05) is 20.8 Å². The minimum Gasteiger partial charge on any atom is -0.463 e. The zero-order valence-electron chi connectivity index (χ0n) is 15.3. The molecule has 7 nitrogen and oxygen atoms in total. The van der Waals surface area contributed by atoms with Gasteiger partial charge in [0.1, 0.15) is 0 Å². The Balaban J connectivity index is 2.47. The molecule has 0 atom stereocenters. The number of hydrogen-bond donors (Lipinski definition) is 1. The third kappa shape index (κ3) is 7.60. The topological polar surface area (TPSA) is 98.8 Å². The molecular formula is C18H23NO6S. The second-order valence-electron chi connectivity index (χ2n) is 6.31. The number of hydrogen-bond acceptors (Lipinski definition) is 7. The predicted octanol–water partition coefficient (Wildman–Crippen LogP) is 2.26. The fraction of sp³-hybridized carbons (Fsp3) is 0.444. The van der Waals surface area contributed by atoms with Gasteiger partial charge in [0.15, 0.2) is 6.61 Å². The molecule has 0 aliphatic rings. The van der Waals surface area contributed by atoms with Gasteiger partial charge >= 0.3 is 11.9 Å². The minimum absolute atomic E-state index is 0.0823. The first-order valence-corrected chi connectivity index (χ1v) is 8.87. The molecule has 26 heavy (non-hydrogen) atoms. The van der Waals surface area contributed by atoms with Crippen LogP contribution in [0.25, 0.3) is 0 Å². The first kappa shape index (κ1) is 21.6. The van der Waals surface area contributed by atoms with E-state index in [2.05, 4.69) is 10.1 Å². The molecule has 1 aromatic rings. The van der Waals surface area contributed by atoms with Crippen LogP contribution in [0.15, 0.2) is 24.3 Å². The van der Waals surface area contributed by atoms with Crippen molar-refractivity contribution in [3.63, 3.8) is 0 Å². The highest BCUT2D eigenvalue weighted by atomic mass is 32.1. The second-order valence-corrected chi connectivity index (χ2v) is 7.48. The number of ether oxygens (including phenoxy) is 2. The van der Waals surface area contributed by atoms with Crippen LogP contribution in [0.4, 0.5) is 0 Å². The van der Waals surface area contributed by atoms with Crippen LogP contribution in [-0.2, 0) is 30.4 Å². The van der Waals surface area contributed by atoms with Gasteiger partial charge in [0.25, 0.3) is 0 Å². The number of thiophene rings is 1. The number of Topliss-reactive ketones (excluding diaryl/α,β-unsaturated/α-hetero) is 1. The molecule has 1 rings (SSSR count). The van der Waals surface area contributed by atoms with Crippen molar-refractivity contribution in [2.75, 3.05) is 13.2 Å². The van der Waals surface area contributed by atoms with Crippen molar-refractivity contribution in [2.24, 2.45) is 5.41 Å². The van der Waals surface area contributed by atoms with Gasteiger partial charge in [-0.25, -0.2) is 9.59 Å². The van der Waals surface area contributed by atoms with Gasteiger partial charge in [-0.2, -0.15) is 0 Å². The smallest absolute Gasteiger partial charge is 0.331 e. The van der Waals surface area contributed by atoms with Crippen molar-refractivity contribution in [1.82, 2.24) is 5.32 Å². The predicted molar refractivity (Wildman–Crippen MR) is 96.7 cm³/mol. The maximum Gasteiger partial charge on any atom is 0.331 e. The van der Waals surface area contributed by atoms with E-state index in [1.165, 1.54) is 11.3 Å². The Bertz CT molecular complexity index is 699. The standard InChI is InChI=1S/C18H23NO6S/c1-5-24-15(21)8-9-16(22)25-11-13(20)14-7-6-12(26-14)10-19-17(23)18(2,3)4/h6-9H,5,10-11H2,1-4H3,(H,19,23)/b9-8+. The maximum absolute atomic E-state index is 12.0. The van der Waals surface area contributed by atoms with Gasteiger partial charge in [0, 0.05) is 22.4 Å². The molecule has 1 N–H and O–H groups in total. The van der Waals surface area contributed by atoms with E-state index in [9.17, 15) is 19.2 Å². The van der Waals surface area contributed by atoms with Gasteiger partial charge in [0.2, 0.25) is 11.7 Å². The summed E-state index contributed by atoms with van der Waals surface area (Å²) in [7, 11) is 0. The quantitative estimate of drug-likeness (QED) is 0.421. The molecule has 1 amide bonds. The minimum atomic E-state index is -0.805. The van der Waals surface area contributed by atoms with E-state index in [1.807, 2.05) is 20.8 Å². The Kier molecular flexibility index (Phi) is 8.18. The molecule has 0 radical (unpaired) electrons. The summed E-state index contributed by atoms with van der Waals surface area (Å²) < 4.78 is 9.41. The first-order valence-electron chi connectivity index (χ1n) is 8.05. The van der Waals surface area contributed by atoms with Gasteiger partial charge in [-0.3, -0.25) is 9.59 Å². The molecule has 0 fully saturated rings. The largest absolute Gasteiger partial charge is 0.463 e. The van der Waals surface area contributed by atoms with Crippen LogP contribution in [0.5, 0.6) is 0 Å². The lowest BCUT2D eigenvalue weighted by Gasteiger charge is -2.17. The molecule has 0 saturated carbocycles. The van der Waals surface area contributed by atoms with Crippen LogP contribution < -0.4 is 5.32 Å². The van der Waals surface area contributed by atoms with Crippen molar-refractivity contribution in [3.05, 3.63) is 34.0 Å². The number of nitrogens with one attached hydrogen (secondary N) is 1. The van der Waals surface area contributed by atoms with Gasteiger partial charge in [-0.15, -0.1) is 11.3 Å². The highest BCUT2D eigenvalue weighted by Crippen LogP contribution is 2.18. The fourth-order valence-electron chi connectivity index (χ4n) is 1.64. The van der Waals surface area contributed by atoms with E-state index in [4.69, 9.17) is 4.74 Å². The van der Waals surface area contributed by atoms with Crippen LogP contribution in [0, 0.1) is 5.41 Å². The summed E-state index contributed by atoms with van der Waals surface area (Å²) >= 11 is 1.22. The zero-order chi connectivity index (χ0) is 19.7. The molecule has 0 aliphatic heterocycles. The molecule has 1 heterocycles. The van der Waals surface area contributed by atoms with E-state index in [-0.39, 0.29) is 18.3 Å². The monoisotopic (exact) mass is 381 g/mol. The summed E-state index contributed by atoms with van der Waals surface area (Å²) in [5.74, 6) is -1.90. The van der Waals surface area contributed by atoms with E-state index < -0.39 is 24.0 Å². The number of rotatable bonds is 8. The van der Waals surface area contributed by atoms with Gasteiger partial charge < -0.3 is 14.8 Å². The Morgan fingerprint density at radius 2 is 1.69 bits per heavy atom. The third-order valence-electron chi connectivity index (χ3n) is 3.03. The SMILES string of the molecule is CCOC(=O)/C=C/C(=O)OCC(=O)c1ccc(CNC(=O)C(C)(C)C)s1. The fourth-order valence-corrected chi connectivity index (χ4v) is 2.51. The average molecular weight is 381 g/mol. The summed E-state index contributed by atoms with van der Waals surface area (Å²) in [5, 5.41) is 2.80. The molecule has 0 unspecified atom stereocenters. The number of carbonyl (C=O) groups excluding carboxylic acids is 4. The number of ketones is 1. The van der Waals surface area contributed by atoms with Crippen LogP contribution >= 0.6 is 11.3 Å². The maximum atomic E-state index is 12.0. The summed E-state index contributed by atoms with van der Waals surface area (Å²) in [5.41, 5.74) is -0.485. The van der Waals surface area contributed by atoms with Gasteiger partial charge in [0.05, 0.1) is 18.0 Å². The van der Waals surface area contributed by atoms with E-state index in [1.54, 1.807) is 19.1 Å². The summed E-state index contributed by atoms with van der Waals surface area (Å²) in [6.07, 6.45) is 1.85. The van der Waals surface area contributed by atoms with Gasteiger partial charge in [-0.05, 0) is 19.1 Å². The van der Waals surface area contributed by atoms with Crippen LogP contribution in [0.2, 0.25) is 0 Å². The van der Waals surface area contributed by atoms with Crippen molar-refractivity contribution in [3.8, 4) is 0 Å². The molecule has 0 bridgehead atoms. The normalized spacial score (nSPS) is 11.2. The highest BCUT2D eigenvalue weighted by Gasteiger charge is 2.21. The van der Waals surface area contributed by atoms with Crippen LogP contribution in [-0.4, -0.2) is 36.8 Å². The lowest BCUT2D eigenvalue weighted by atomic mass is 9.96. The Morgan fingerprint density at radius 1 is 1.08 bits per heavy atom. The lowest BCUT2D eigenvalue weighted by molar-refractivity contribution is -0.139. The lowest BCUT2D eigenvalue weighted by Crippen LogP contribution is -2.34. The summed E-state index contributed by atoms with van der Waals surface area (Å²) in [6.45, 7) is 7.19. The Hall–Kier alpha value is -2.48. The molecule has 1 aromatic heterocycles. The van der Waals surface area contributed by atoms with Crippen molar-refractivity contribution in [2.45, 2.75) is 34.2 Å². The molecule has 0 aromatic carbocycles. The molecule has 142 valence electrons.